The van der Waals surface area contributed by atoms with Crippen LogP contribution in [-0.2, 0) is 7.05 Å². The van der Waals surface area contributed by atoms with E-state index in [0.717, 1.165) is 5.82 Å². The molecule has 1 aliphatic rings. The van der Waals surface area contributed by atoms with Gasteiger partial charge < -0.3 is 4.72 Å². The van der Waals surface area contributed by atoms with Gasteiger partial charge in [-0.25, -0.2) is 0 Å². The van der Waals surface area contributed by atoms with Crippen LogP contribution in [0.5, 0.6) is 0 Å². The Labute approximate surface area is 72.9 Å². The van der Waals surface area contributed by atoms with Gasteiger partial charge in [0.15, 0.2) is 5.82 Å². The van der Waals surface area contributed by atoms with Gasteiger partial charge in [-0.1, -0.05) is 0 Å². The van der Waals surface area contributed by atoms with Gasteiger partial charge in [0.25, 0.3) is 0 Å². The second kappa shape index (κ2) is 2.94. The molecule has 0 saturated heterocycles. The molecular weight excluding hydrogens is 190 g/mol. The number of aromatic nitrogens is 2. The third-order valence-electron chi connectivity index (χ3n) is 1.07. The molecule has 0 saturated carbocycles. The number of rotatable bonds is 0. The van der Waals surface area contributed by atoms with E-state index in [4.69, 9.17) is 0 Å². The number of halogens is 1. The first-order valence-corrected chi connectivity index (χ1v) is 4.64. The van der Waals surface area contributed by atoms with E-state index in [0.29, 0.717) is 0 Å². The third-order valence-corrected chi connectivity index (χ3v) is 2.94. The van der Waals surface area contributed by atoms with Crippen molar-refractivity contribution in [2.75, 3.05) is 4.72 Å². The molecule has 0 amide bonds. The molecule has 6 heteroatoms. The van der Waals surface area contributed by atoms with E-state index in [1.165, 1.54) is 4.90 Å². The van der Waals surface area contributed by atoms with Crippen LogP contribution in [0.4, 0.5) is 5.82 Å². The summed E-state index contributed by atoms with van der Waals surface area (Å²) >= 11 is 0. The molecule has 56 valence electrons. The molecule has 3 nitrogen and oxygen atoms in total. The number of nitrogens with zero attached hydrogens (tertiary/aromatic N) is 2. The fourth-order valence-corrected chi connectivity index (χ4v) is 2.49. The van der Waals surface area contributed by atoms with Crippen molar-refractivity contribution in [1.82, 2.24) is 9.78 Å². The largest absolute Gasteiger partial charge is 0.302 e. The van der Waals surface area contributed by atoms with E-state index in [-0.39, 0.29) is 12.4 Å². The Balaban J connectivity index is 0.000000500. The molecule has 2 rings (SSSR count). The number of aryl methyl sites for hydroxylation is 1. The summed E-state index contributed by atoms with van der Waals surface area (Å²) in [6, 6.07) is 0. The number of hydrogen-bond donors (Lipinski definition) is 1. The Bertz CT molecular complexity index is 215. The van der Waals surface area contributed by atoms with Crippen LogP contribution >= 0.6 is 34.2 Å². The monoisotopic (exact) mass is 195 g/mol. The van der Waals surface area contributed by atoms with E-state index in [1.54, 1.807) is 21.8 Å². The van der Waals surface area contributed by atoms with Crippen LogP contribution < -0.4 is 4.72 Å². The van der Waals surface area contributed by atoms with E-state index in [1.807, 2.05) is 17.9 Å². The van der Waals surface area contributed by atoms with Gasteiger partial charge in [-0.2, -0.15) is 5.10 Å². The summed E-state index contributed by atoms with van der Waals surface area (Å²) in [5, 5.41) is 4.16. The van der Waals surface area contributed by atoms with Crippen molar-refractivity contribution in [3.8, 4) is 0 Å². The van der Waals surface area contributed by atoms with Gasteiger partial charge in [0, 0.05) is 24.2 Å². The summed E-state index contributed by atoms with van der Waals surface area (Å²) in [5.74, 6) is 0.993. The SMILES string of the molecule is Cl.Cn1cc2c(n1)NSS2. The lowest BCUT2D eigenvalue weighted by Gasteiger charge is -1.87. The zero-order valence-electron chi connectivity index (χ0n) is 5.20. The Kier molecular flexibility index (Phi) is 2.38. The fourth-order valence-electron chi connectivity index (χ4n) is 0.704. The molecule has 10 heavy (non-hydrogen) atoms. The quantitative estimate of drug-likeness (QED) is 0.506. The molecule has 0 aliphatic carbocycles. The highest BCUT2D eigenvalue weighted by Gasteiger charge is 2.14. The molecular formula is C4H6ClN3S2. The summed E-state index contributed by atoms with van der Waals surface area (Å²) in [5.41, 5.74) is 0. The molecule has 0 bridgehead atoms. The van der Waals surface area contributed by atoms with Crippen LogP contribution in [0.15, 0.2) is 11.1 Å². The normalized spacial score (nSPS) is 13.7. The lowest BCUT2D eigenvalue weighted by atomic mass is 10.7. The lowest BCUT2D eigenvalue weighted by Crippen LogP contribution is -1.88. The summed E-state index contributed by atoms with van der Waals surface area (Å²) in [7, 11) is 5.24. The van der Waals surface area contributed by atoms with Crippen LogP contribution in [-0.4, -0.2) is 9.78 Å². The highest BCUT2D eigenvalue weighted by molar-refractivity contribution is 8.77. The van der Waals surface area contributed by atoms with Gasteiger partial charge in [0.2, 0.25) is 0 Å². The Morgan fingerprint density at radius 3 is 3.20 bits per heavy atom. The van der Waals surface area contributed by atoms with Crippen LogP contribution in [0.25, 0.3) is 0 Å². The van der Waals surface area contributed by atoms with E-state index >= 15 is 0 Å². The second-order valence-corrected chi connectivity index (χ2v) is 3.76. The Morgan fingerprint density at radius 1 is 1.70 bits per heavy atom. The number of fused-ring (bicyclic) bond motifs is 1. The zero-order chi connectivity index (χ0) is 6.27. The minimum atomic E-state index is 0. The maximum absolute atomic E-state index is 4.16. The summed E-state index contributed by atoms with van der Waals surface area (Å²) in [4.78, 5) is 1.22. The molecule has 1 aromatic heterocycles. The van der Waals surface area contributed by atoms with Gasteiger partial charge in [-0.15, -0.1) is 12.4 Å². The first kappa shape index (κ1) is 8.10. The summed E-state index contributed by atoms with van der Waals surface area (Å²) in [6.07, 6.45) is 2.01. The van der Waals surface area contributed by atoms with Crippen molar-refractivity contribution in [1.29, 1.82) is 0 Å². The lowest BCUT2D eigenvalue weighted by molar-refractivity contribution is 0.770. The molecule has 0 unspecified atom stereocenters. The fraction of sp³-hybridized carbons (Fsp3) is 0.250. The Morgan fingerprint density at radius 2 is 2.50 bits per heavy atom. The minimum Gasteiger partial charge on any atom is -0.302 e. The molecule has 0 aromatic carbocycles. The van der Waals surface area contributed by atoms with Crippen LogP contribution in [0.1, 0.15) is 0 Å². The third kappa shape index (κ3) is 1.21. The van der Waals surface area contributed by atoms with Crippen LogP contribution in [0.2, 0.25) is 0 Å². The van der Waals surface area contributed by atoms with E-state index in [2.05, 4.69) is 9.82 Å². The van der Waals surface area contributed by atoms with Crippen molar-refractivity contribution >= 4 is 40.0 Å². The predicted octanol–water partition coefficient (Wildman–Crippen LogP) is 1.92. The van der Waals surface area contributed by atoms with Crippen LogP contribution in [0.3, 0.4) is 0 Å². The van der Waals surface area contributed by atoms with Crippen molar-refractivity contribution in [2.24, 2.45) is 7.05 Å². The first-order valence-electron chi connectivity index (χ1n) is 2.49. The van der Waals surface area contributed by atoms with Gasteiger partial charge >= 0.3 is 0 Å². The summed E-state index contributed by atoms with van der Waals surface area (Å²) in [6.45, 7) is 0. The van der Waals surface area contributed by atoms with Crippen molar-refractivity contribution in [2.45, 2.75) is 4.90 Å². The minimum absolute atomic E-state index is 0. The molecule has 0 atom stereocenters. The second-order valence-electron chi connectivity index (χ2n) is 1.78. The number of nitrogens with one attached hydrogen (secondary N) is 1. The van der Waals surface area contributed by atoms with E-state index < -0.39 is 0 Å². The zero-order valence-corrected chi connectivity index (χ0v) is 7.65. The predicted molar refractivity (Wildman–Crippen MR) is 47.5 cm³/mol. The van der Waals surface area contributed by atoms with Gasteiger partial charge in [-0.3, -0.25) is 4.68 Å². The molecule has 0 spiro atoms. The highest BCUT2D eigenvalue weighted by Crippen LogP contribution is 2.42. The van der Waals surface area contributed by atoms with Gasteiger partial charge in [0.1, 0.15) is 0 Å². The van der Waals surface area contributed by atoms with Crippen molar-refractivity contribution in [3.05, 3.63) is 6.20 Å². The maximum atomic E-state index is 4.16. The number of anilines is 1. The maximum Gasteiger partial charge on any atom is 0.173 e. The standard InChI is InChI=1S/C4H5N3S2.ClH/c1-7-2-3-4(5-7)6-9-8-3;/h2H,1H3,(H,5,6);1H. The van der Waals surface area contributed by atoms with Crippen molar-refractivity contribution < 1.29 is 0 Å². The van der Waals surface area contributed by atoms with Gasteiger partial charge in [-0.05, 0) is 10.8 Å². The Hall–Kier alpha value is 0. The molecule has 0 fully saturated rings. The average Bonchev–Trinajstić information content (AvgIpc) is 2.22. The van der Waals surface area contributed by atoms with Crippen molar-refractivity contribution in [3.63, 3.8) is 0 Å². The number of hydrogen-bond acceptors (Lipinski definition) is 4. The summed E-state index contributed by atoms with van der Waals surface area (Å²) < 4.78 is 4.88. The molecule has 1 aromatic rings. The average molecular weight is 196 g/mol. The van der Waals surface area contributed by atoms with Crippen LogP contribution in [0, 0.1) is 0 Å². The molecule has 2 heterocycles. The van der Waals surface area contributed by atoms with E-state index in [9.17, 15) is 0 Å². The smallest absolute Gasteiger partial charge is 0.173 e. The van der Waals surface area contributed by atoms with Gasteiger partial charge in [0.05, 0.1) is 4.90 Å². The topological polar surface area (TPSA) is 29.9 Å². The molecule has 0 radical (unpaired) electrons. The molecule has 1 N–H and O–H groups in total. The highest BCUT2D eigenvalue weighted by atomic mass is 35.5. The molecule has 1 aliphatic heterocycles. The first-order chi connectivity index (χ1) is 4.36.